The van der Waals surface area contributed by atoms with Crippen LogP contribution in [-0.4, -0.2) is 42.9 Å². The van der Waals surface area contributed by atoms with Crippen LogP contribution in [0.25, 0.3) is 0 Å². The Balaban J connectivity index is 1.37. The molecule has 2 atom stereocenters. The Hall–Kier alpha value is -2.46. The first-order valence-corrected chi connectivity index (χ1v) is 12.4. The van der Waals surface area contributed by atoms with E-state index >= 15 is 0 Å². The molecule has 172 valence electrons. The standard InChI is InChI=1S/C23H30N4O4S/c1-15-9-11-27(12-10-15)32(30,31)18-6-4-17(5-7-18)24-23(29)21-14-20(25-26-21)19-8-3-16(2)13-22(19)28/h3-8,13,15,20-21,25-26,28H,9-12,14H2,1-2H3,(H,24,29). The summed E-state index contributed by atoms with van der Waals surface area (Å²) >= 11 is 0. The highest BCUT2D eigenvalue weighted by Crippen LogP contribution is 2.30. The van der Waals surface area contributed by atoms with Gasteiger partial charge in [0.15, 0.2) is 0 Å². The number of carbonyl (C=O) groups is 1. The highest BCUT2D eigenvalue weighted by Gasteiger charge is 2.32. The van der Waals surface area contributed by atoms with Crippen LogP contribution in [0.15, 0.2) is 47.4 Å². The minimum Gasteiger partial charge on any atom is -0.508 e. The summed E-state index contributed by atoms with van der Waals surface area (Å²) in [6.45, 7) is 5.13. The maximum absolute atomic E-state index is 12.9. The van der Waals surface area contributed by atoms with Crippen molar-refractivity contribution in [3.63, 3.8) is 0 Å². The van der Waals surface area contributed by atoms with Gasteiger partial charge in [-0.3, -0.25) is 4.79 Å². The maximum atomic E-state index is 12.9. The van der Waals surface area contributed by atoms with Crippen LogP contribution in [0, 0.1) is 12.8 Å². The van der Waals surface area contributed by atoms with E-state index in [-0.39, 0.29) is 22.6 Å². The van der Waals surface area contributed by atoms with Crippen LogP contribution in [-0.2, 0) is 14.8 Å². The van der Waals surface area contributed by atoms with E-state index in [2.05, 4.69) is 23.1 Å². The molecule has 2 saturated heterocycles. The minimum absolute atomic E-state index is 0.189. The zero-order valence-corrected chi connectivity index (χ0v) is 19.2. The van der Waals surface area contributed by atoms with Crippen LogP contribution in [0.1, 0.15) is 43.4 Å². The minimum atomic E-state index is -3.52. The molecular weight excluding hydrogens is 428 g/mol. The molecule has 9 heteroatoms. The predicted octanol–water partition coefficient (Wildman–Crippen LogP) is 2.67. The molecule has 2 aliphatic heterocycles. The molecule has 2 aromatic rings. The van der Waals surface area contributed by atoms with E-state index < -0.39 is 16.1 Å². The summed E-state index contributed by atoms with van der Waals surface area (Å²) in [7, 11) is -3.52. The zero-order chi connectivity index (χ0) is 22.9. The smallest absolute Gasteiger partial charge is 0.243 e. The van der Waals surface area contributed by atoms with Crippen LogP contribution >= 0.6 is 0 Å². The number of sulfonamides is 1. The van der Waals surface area contributed by atoms with Gasteiger partial charge >= 0.3 is 0 Å². The second kappa shape index (κ2) is 9.19. The van der Waals surface area contributed by atoms with Gasteiger partial charge < -0.3 is 10.4 Å². The van der Waals surface area contributed by atoms with Crippen LogP contribution in [0.2, 0.25) is 0 Å². The van der Waals surface area contributed by atoms with Crippen LogP contribution in [0.4, 0.5) is 5.69 Å². The van der Waals surface area contributed by atoms with E-state index in [0.717, 1.165) is 24.0 Å². The number of nitrogens with zero attached hydrogens (tertiary/aromatic N) is 1. The molecule has 2 aromatic carbocycles. The van der Waals surface area contributed by atoms with Gasteiger partial charge in [0.1, 0.15) is 11.8 Å². The Labute approximate surface area is 189 Å². The number of nitrogens with one attached hydrogen (secondary N) is 3. The second-order valence-electron chi connectivity index (χ2n) is 8.79. The van der Waals surface area contributed by atoms with Crippen LogP contribution in [0.5, 0.6) is 5.75 Å². The molecule has 8 nitrogen and oxygen atoms in total. The molecule has 0 bridgehead atoms. The summed E-state index contributed by atoms with van der Waals surface area (Å²) in [5.41, 5.74) is 8.27. The third-order valence-electron chi connectivity index (χ3n) is 6.28. The van der Waals surface area contributed by atoms with Crippen molar-refractivity contribution >= 4 is 21.6 Å². The van der Waals surface area contributed by atoms with Gasteiger partial charge in [0.25, 0.3) is 0 Å². The number of phenolic OH excluding ortho intramolecular Hbond substituents is 1. The van der Waals surface area contributed by atoms with Crippen molar-refractivity contribution in [2.45, 2.75) is 50.1 Å². The van der Waals surface area contributed by atoms with E-state index in [1.807, 2.05) is 19.1 Å². The summed E-state index contributed by atoms with van der Waals surface area (Å²) in [5.74, 6) is 0.518. The highest BCUT2D eigenvalue weighted by molar-refractivity contribution is 7.89. The van der Waals surface area contributed by atoms with E-state index in [1.54, 1.807) is 18.2 Å². The number of hydrazine groups is 1. The fourth-order valence-electron chi connectivity index (χ4n) is 4.19. The van der Waals surface area contributed by atoms with Gasteiger partial charge in [-0.1, -0.05) is 19.1 Å². The Morgan fingerprint density at radius 3 is 2.44 bits per heavy atom. The van der Waals surface area contributed by atoms with Crippen molar-refractivity contribution in [3.8, 4) is 5.75 Å². The molecule has 2 aliphatic rings. The van der Waals surface area contributed by atoms with Gasteiger partial charge in [-0.15, -0.1) is 0 Å². The Morgan fingerprint density at radius 1 is 1.09 bits per heavy atom. The first-order valence-electron chi connectivity index (χ1n) is 11.0. The summed E-state index contributed by atoms with van der Waals surface area (Å²) < 4.78 is 27.2. The molecule has 32 heavy (non-hydrogen) atoms. The average Bonchev–Trinajstić information content (AvgIpc) is 3.24. The fourth-order valence-corrected chi connectivity index (χ4v) is 5.66. The van der Waals surface area contributed by atoms with E-state index in [4.69, 9.17) is 0 Å². The number of hydrogen-bond donors (Lipinski definition) is 4. The first kappa shape index (κ1) is 22.7. The SMILES string of the molecule is Cc1ccc(C2CC(C(=O)Nc3ccc(S(=O)(=O)N4CCC(C)CC4)cc3)NN2)c(O)c1. The predicted molar refractivity (Wildman–Crippen MR) is 122 cm³/mol. The Kier molecular flexibility index (Phi) is 6.52. The number of phenols is 1. The lowest BCUT2D eigenvalue weighted by atomic mass is 9.99. The molecule has 0 aliphatic carbocycles. The molecule has 0 aromatic heterocycles. The summed E-state index contributed by atoms with van der Waals surface area (Å²) in [4.78, 5) is 12.9. The Morgan fingerprint density at radius 2 is 1.78 bits per heavy atom. The van der Waals surface area contributed by atoms with Gasteiger partial charge in [-0.25, -0.2) is 19.3 Å². The summed E-state index contributed by atoms with van der Waals surface area (Å²) in [6.07, 6.45) is 2.22. The number of piperidine rings is 1. The molecule has 0 saturated carbocycles. The zero-order valence-electron chi connectivity index (χ0n) is 18.3. The number of anilines is 1. The van der Waals surface area contributed by atoms with Crippen molar-refractivity contribution in [2.75, 3.05) is 18.4 Å². The van der Waals surface area contributed by atoms with Gasteiger partial charge in [-0.2, -0.15) is 4.31 Å². The quantitative estimate of drug-likeness (QED) is 0.548. The third-order valence-corrected chi connectivity index (χ3v) is 8.20. The number of hydrogen-bond acceptors (Lipinski definition) is 6. The molecule has 2 heterocycles. The number of carbonyl (C=O) groups excluding carboxylic acids is 1. The van der Waals surface area contributed by atoms with Crippen molar-refractivity contribution in [3.05, 3.63) is 53.6 Å². The largest absolute Gasteiger partial charge is 0.508 e. The average molecular weight is 459 g/mol. The summed E-state index contributed by atoms with van der Waals surface area (Å²) in [6, 6.07) is 11.1. The maximum Gasteiger partial charge on any atom is 0.243 e. The topological polar surface area (TPSA) is 111 Å². The fraction of sp³-hybridized carbons (Fsp3) is 0.435. The van der Waals surface area contributed by atoms with Gasteiger partial charge in [0.2, 0.25) is 15.9 Å². The normalized spacial score (nSPS) is 22.7. The molecule has 2 fully saturated rings. The second-order valence-corrected chi connectivity index (χ2v) is 10.7. The molecule has 1 amide bonds. The number of rotatable bonds is 5. The van der Waals surface area contributed by atoms with Crippen molar-refractivity contribution in [1.82, 2.24) is 15.2 Å². The van der Waals surface area contributed by atoms with E-state index in [1.165, 1.54) is 16.4 Å². The van der Waals surface area contributed by atoms with Crippen LogP contribution < -0.4 is 16.2 Å². The van der Waals surface area contributed by atoms with Gasteiger partial charge in [0.05, 0.1) is 10.9 Å². The third kappa shape index (κ3) is 4.80. The lowest BCUT2D eigenvalue weighted by Gasteiger charge is -2.29. The first-order chi connectivity index (χ1) is 15.2. The highest BCUT2D eigenvalue weighted by atomic mass is 32.2. The molecule has 0 spiro atoms. The molecule has 2 unspecified atom stereocenters. The number of amides is 1. The molecule has 4 N–H and O–H groups in total. The summed E-state index contributed by atoms with van der Waals surface area (Å²) in [5, 5.41) is 13.0. The number of benzene rings is 2. The van der Waals surface area contributed by atoms with Gasteiger partial charge in [-0.05, 0) is 68.0 Å². The van der Waals surface area contributed by atoms with E-state index in [9.17, 15) is 18.3 Å². The monoisotopic (exact) mass is 458 g/mol. The molecule has 4 rings (SSSR count). The van der Waals surface area contributed by atoms with Crippen LogP contribution in [0.3, 0.4) is 0 Å². The van der Waals surface area contributed by atoms with Gasteiger partial charge in [0, 0.05) is 24.3 Å². The van der Waals surface area contributed by atoms with E-state index in [0.29, 0.717) is 31.1 Å². The lowest BCUT2D eigenvalue weighted by molar-refractivity contribution is -0.117. The molecular formula is C23H30N4O4S. The lowest BCUT2D eigenvalue weighted by Crippen LogP contribution is -2.39. The van der Waals surface area contributed by atoms with Crippen molar-refractivity contribution < 1.29 is 18.3 Å². The van der Waals surface area contributed by atoms with Crippen molar-refractivity contribution in [1.29, 1.82) is 0 Å². The Bertz CT molecular complexity index is 1080. The number of aromatic hydroxyl groups is 1. The molecule has 0 radical (unpaired) electrons. The number of aryl methyl sites for hydroxylation is 1. The van der Waals surface area contributed by atoms with Crippen molar-refractivity contribution in [2.24, 2.45) is 5.92 Å².